The number of carbonyl (C=O) groups excluding carboxylic acids is 1. The molecule has 0 aliphatic carbocycles. The lowest BCUT2D eigenvalue weighted by Crippen LogP contribution is -2.24. The van der Waals surface area contributed by atoms with E-state index in [1.807, 2.05) is 6.92 Å². The molecule has 4 heteroatoms. The van der Waals surface area contributed by atoms with Crippen molar-refractivity contribution in [2.24, 2.45) is 0 Å². The van der Waals surface area contributed by atoms with Gasteiger partial charge < -0.3 is 10.1 Å². The van der Waals surface area contributed by atoms with Gasteiger partial charge in [-0.25, -0.2) is 0 Å². The van der Waals surface area contributed by atoms with Crippen LogP contribution in [0.1, 0.15) is 13.8 Å². The first-order chi connectivity index (χ1) is 4.16. The van der Waals surface area contributed by atoms with Crippen molar-refractivity contribution in [3.8, 4) is 0 Å². The van der Waals surface area contributed by atoms with Gasteiger partial charge in [0.1, 0.15) is 0 Å². The van der Waals surface area contributed by atoms with Crippen LogP contribution in [0.15, 0.2) is 0 Å². The predicted octanol–water partition coefficient (Wildman–Crippen LogP) is 0.444. The third kappa shape index (κ3) is 5.23. The van der Waals surface area contributed by atoms with E-state index in [0.717, 1.165) is 0 Å². The molecule has 0 saturated heterocycles. The largest absolute Gasteiger partial charge is 0.399 e. The molecule has 0 fully saturated rings. The van der Waals surface area contributed by atoms with Crippen LogP contribution in [-0.4, -0.2) is 17.7 Å². The Balaban J connectivity index is 3.39. The van der Waals surface area contributed by atoms with Crippen molar-refractivity contribution in [1.29, 1.82) is 0 Å². The van der Waals surface area contributed by atoms with Crippen molar-refractivity contribution in [3.05, 3.63) is 0 Å². The summed E-state index contributed by atoms with van der Waals surface area (Å²) < 4.78 is 4.47. The lowest BCUT2D eigenvalue weighted by atomic mass is 10.7. The summed E-state index contributed by atoms with van der Waals surface area (Å²) in [6.07, 6.45) is 0. The van der Waals surface area contributed by atoms with Crippen LogP contribution >= 0.6 is 12.2 Å². The van der Waals surface area contributed by atoms with Gasteiger partial charge in [-0.2, -0.15) is 0 Å². The highest BCUT2D eigenvalue weighted by molar-refractivity contribution is 7.80. The Labute approximate surface area is 59.4 Å². The van der Waals surface area contributed by atoms with Gasteiger partial charge in [-0.3, -0.25) is 4.79 Å². The molecule has 9 heavy (non-hydrogen) atoms. The Hall–Kier alpha value is -0.640. The van der Waals surface area contributed by atoms with E-state index in [4.69, 9.17) is 0 Å². The SMILES string of the molecule is CCNC(=S)OC(C)=O. The molecule has 0 amide bonds. The quantitative estimate of drug-likeness (QED) is 0.431. The van der Waals surface area contributed by atoms with Gasteiger partial charge in [0.2, 0.25) is 0 Å². The molecule has 1 N–H and O–H groups in total. The molecule has 0 aromatic heterocycles. The summed E-state index contributed by atoms with van der Waals surface area (Å²) in [5.74, 6) is -0.388. The van der Waals surface area contributed by atoms with Crippen LogP contribution < -0.4 is 5.32 Å². The number of carbonyl (C=O) groups is 1. The van der Waals surface area contributed by atoms with Gasteiger partial charge in [0.15, 0.2) is 0 Å². The Morgan fingerprint density at radius 3 is 2.67 bits per heavy atom. The lowest BCUT2D eigenvalue weighted by molar-refractivity contribution is -0.133. The minimum absolute atomic E-state index is 0.144. The van der Waals surface area contributed by atoms with Gasteiger partial charge in [-0.15, -0.1) is 0 Å². The molecule has 0 spiro atoms. The minimum atomic E-state index is -0.388. The topological polar surface area (TPSA) is 38.3 Å². The summed E-state index contributed by atoms with van der Waals surface area (Å²) in [5.41, 5.74) is 0. The van der Waals surface area contributed by atoms with E-state index in [2.05, 4.69) is 22.3 Å². The Morgan fingerprint density at radius 1 is 1.78 bits per heavy atom. The third-order valence-electron chi connectivity index (χ3n) is 0.558. The number of rotatable bonds is 1. The average Bonchev–Trinajstić information content (AvgIpc) is 1.63. The highest BCUT2D eigenvalue weighted by atomic mass is 32.1. The highest BCUT2D eigenvalue weighted by Crippen LogP contribution is 1.77. The van der Waals surface area contributed by atoms with Crippen molar-refractivity contribution in [2.75, 3.05) is 6.54 Å². The van der Waals surface area contributed by atoms with Crippen LogP contribution in [-0.2, 0) is 9.53 Å². The second-order valence-electron chi connectivity index (χ2n) is 1.41. The predicted molar refractivity (Wildman–Crippen MR) is 38.0 cm³/mol. The molecule has 0 aromatic carbocycles. The maximum atomic E-state index is 10.2. The molecule has 0 atom stereocenters. The normalized spacial score (nSPS) is 8.22. The highest BCUT2D eigenvalue weighted by Gasteiger charge is 1.96. The summed E-state index contributed by atoms with van der Waals surface area (Å²) in [4.78, 5) is 10.2. The Bertz CT molecular complexity index is 124. The molecular weight excluding hydrogens is 138 g/mol. The summed E-state index contributed by atoms with van der Waals surface area (Å²) in [7, 11) is 0. The first kappa shape index (κ1) is 8.36. The zero-order valence-electron chi connectivity index (χ0n) is 5.43. The van der Waals surface area contributed by atoms with E-state index in [1.165, 1.54) is 6.92 Å². The molecule has 0 rings (SSSR count). The van der Waals surface area contributed by atoms with E-state index >= 15 is 0 Å². The zero-order chi connectivity index (χ0) is 7.28. The molecule has 0 heterocycles. The molecule has 0 aliphatic heterocycles. The van der Waals surface area contributed by atoms with Gasteiger partial charge in [0.05, 0.1) is 0 Å². The van der Waals surface area contributed by atoms with Crippen molar-refractivity contribution in [2.45, 2.75) is 13.8 Å². The smallest absolute Gasteiger partial charge is 0.309 e. The van der Waals surface area contributed by atoms with Gasteiger partial charge in [-0.1, -0.05) is 0 Å². The monoisotopic (exact) mass is 147 g/mol. The van der Waals surface area contributed by atoms with Crippen LogP contribution in [0.25, 0.3) is 0 Å². The van der Waals surface area contributed by atoms with E-state index in [1.54, 1.807) is 0 Å². The van der Waals surface area contributed by atoms with Gasteiger partial charge in [0, 0.05) is 13.5 Å². The van der Waals surface area contributed by atoms with Crippen LogP contribution in [0.2, 0.25) is 0 Å². The third-order valence-corrected chi connectivity index (χ3v) is 0.785. The number of ether oxygens (including phenoxy) is 1. The molecule has 0 aromatic rings. The van der Waals surface area contributed by atoms with Crippen LogP contribution in [0.3, 0.4) is 0 Å². The van der Waals surface area contributed by atoms with E-state index in [-0.39, 0.29) is 11.1 Å². The van der Waals surface area contributed by atoms with E-state index < -0.39 is 0 Å². The molecule has 0 unspecified atom stereocenters. The fraction of sp³-hybridized carbons (Fsp3) is 0.600. The fourth-order valence-corrected chi connectivity index (χ4v) is 0.573. The van der Waals surface area contributed by atoms with E-state index in [0.29, 0.717) is 6.54 Å². The summed E-state index contributed by atoms with van der Waals surface area (Å²) >= 11 is 4.58. The van der Waals surface area contributed by atoms with Crippen molar-refractivity contribution >= 4 is 23.4 Å². The second-order valence-corrected chi connectivity index (χ2v) is 1.78. The van der Waals surface area contributed by atoms with Crippen molar-refractivity contribution < 1.29 is 9.53 Å². The summed E-state index contributed by atoms with van der Waals surface area (Å²) in [5, 5.41) is 2.81. The van der Waals surface area contributed by atoms with Crippen molar-refractivity contribution in [1.82, 2.24) is 5.32 Å². The molecule has 0 bridgehead atoms. The molecule has 0 aliphatic rings. The molecule has 3 nitrogen and oxygen atoms in total. The fourth-order valence-electron chi connectivity index (χ4n) is 0.311. The maximum absolute atomic E-state index is 10.2. The van der Waals surface area contributed by atoms with Crippen LogP contribution in [0, 0.1) is 0 Å². The van der Waals surface area contributed by atoms with Crippen molar-refractivity contribution in [3.63, 3.8) is 0 Å². The van der Waals surface area contributed by atoms with Gasteiger partial charge >= 0.3 is 5.97 Å². The standard InChI is InChI=1S/C5H9NO2S/c1-3-6-5(9)8-4(2)7/h3H2,1-2H3,(H,6,9). The maximum Gasteiger partial charge on any atom is 0.309 e. The molecular formula is C5H9NO2S. The second kappa shape index (κ2) is 4.26. The van der Waals surface area contributed by atoms with Crippen LogP contribution in [0.4, 0.5) is 0 Å². The number of nitrogens with one attached hydrogen (secondary N) is 1. The number of esters is 1. The average molecular weight is 147 g/mol. The van der Waals surface area contributed by atoms with E-state index in [9.17, 15) is 4.79 Å². The summed E-state index contributed by atoms with van der Waals surface area (Å²) in [6.45, 7) is 3.85. The Kier molecular flexibility index (Phi) is 3.96. The number of hydrogen-bond acceptors (Lipinski definition) is 3. The first-order valence-electron chi connectivity index (χ1n) is 2.63. The first-order valence-corrected chi connectivity index (χ1v) is 3.04. The van der Waals surface area contributed by atoms with Gasteiger partial charge in [0.25, 0.3) is 5.17 Å². The molecule has 0 radical (unpaired) electrons. The number of thiocarbonyl (C=S) groups is 1. The number of hydrogen-bond donors (Lipinski definition) is 1. The van der Waals surface area contributed by atoms with Crippen LogP contribution in [0.5, 0.6) is 0 Å². The van der Waals surface area contributed by atoms with Gasteiger partial charge in [-0.05, 0) is 19.1 Å². The summed E-state index contributed by atoms with van der Waals surface area (Å²) in [6, 6.07) is 0. The minimum Gasteiger partial charge on any atom is -0.399 e. The molecule has 0 saturated carbocycles. The lowest BCUT2D eigenvalue weighted by Gasteiger charge is -2.01. The Morgan fingerprint density at radius 2 is 2.33 bits per heavy atom. The molecule has 52 valence electrons. The zero-order valence-corrected chi connectivity index (χ0v) is 6.25.